The Kier molecular flexibility index (Phi) is 6.51. The number of carbonyl (C=O) groups is 2. The SMILES string of the molecule is CCCNC(=O)NC(=O)Cn1cc(CCCN)nn1. The first-order chi connectivity index (χ1) is 9.15. The number of amides is 3. The number of carbonyl (C=O) groups excluding carboxylic acids is 2. The summed E-state index contributed by atoms with van der Waals surface area (Å²) in [7, 11) is 0. The maximum Gasteiger partial charge on any atom is 0.321 e. The third-order valence-corrected chi connectivity index (χ3v) is 2.32. The number of hydrogen-bond acceptors (Lipinski definition) is 5. The van der Waals surface area contributed by atoms with Crippen LogP contribution < -0.4 is 16.4 Å². The minimum absolute atomic E-state index is 0.0326. The van der Waals surface area contributed by atoms with E-state index in [0.29, 0.717) is 13.1 Å². The first-order valence-electron chi connectivity index (χ1n) is 6.32. The topological polar surface area (TPSA) is 115 Å². The molecule has 0 spiro atoms. The van der Waals surface area contributed by atoms with E-state index in [-0.39, 0.29) is 6.54 Å². The Bertz CT molecular complexity index is 417. The Morgan fingerprint density at radius 2 is 2.26 bits per heavy atom. The number of urea groups is 1. The average Bonchev–Trinajstić information content (AvgIpc) is 2.81. The molecule has 4 N–H and O–H groups in total. The lowest BCUT2D eigenvalue weighted by Gasteiger charge is -2.04. The van der Waals surface area contributed by atoms with Crippen LogP contribution in [0.4, 0.5) is 4.79 Å². The fourth-order valence-electron chi connectivity index (χ4n) is 1.41. The van der Waals surface area contributed by atoms with Gasteiger partial charge in [0.2, 0.25) is 5.91 Å². The predicted octanol–water partition coefficient (Wildman–Crippen LogP) is -0.595. The van der Waals surface area contributed by atoms with E-state index in [4.69, 9.17) is 5.73 Å². The molecule has 106 valence electrons. The zero-order chi connectivity index (χ0) is 14.1. The van der Waals surface area contributed by atoms with Crippen molar-refractivity contribution in [1.82, 2.24) is 25.6 Å². The number of rotatable bonds is 7. The summed E-state index contributed by atoms with van der Waals surface area (Å²) in [5.74, 6) is -0.427. The van der Waals surface area contributed by atoms with Crippen molar-refractivity contribution >= 4 is 11.9 Å². The molecule has 0 aliphatic rings. The molecule has 0 saturated carbocycles. The lowest BCUT2D eigenvalue weighted by molar-refractivity contribution is -0.120. The Labute approximate surface area is 111 Å². The molecule has 1 heterocycles. The van der Waals surface area contributed by atoms with Crippen LogP contribution in [0.2, 0.25) is 0 Å². The lowest BCUT2D eigenvalue weighted by Crippen LogP contribution is -2.41. The van der Waals surface area contributed by atoms with Crippen LogP contribution in [-0.4, -0.2) is 40.0 Å². The van der Waals surface area contributed by atoms with E-state index < -0.39 is 11.9 Å². The molecular formula is C11H20N6O2. The standard InChI is InChI=1S/C11H20N6O2/c1-2-6-13-11(19)14-10(18)8-17-7-9(15-16-17)4-3-5-12/h7H,2-6,8,12H2,1H3,(H2,13,14,18,19). The molecule has 0 saturated heterocycles. The van der Waals surface area contributed by atoms with Crippen molar-refractivity contribution in [3.8, 4) is 0 Å². The molecule has 8 heteroatoms. The van der Waals surface area contributed by atoms with Crippen molar-refractivity contribution in [2.75, 3.05) is 13.1 Å². The zero-order valence-electron chi connectivity index (χ0n) is 11.1. The Hall–Kier alpha value is -1.96. The largest absolute Gasteiger partial charge is 0.338 e. The van der Waals surface area contributed by atoms with Crippen LogP contribution in [0.25, 0.3) is 0 Å². The summed E-state index contributed by atoms with van der Waals surface area (Å²) in [5, 5.41) is 12.5. The van der Waals surface area contributed by atoms with E-state index in [1.807, 2.05) is 6.92 Å². The highest BCUT2D eigenvalue weighted by Crippen LogP contribution is 1.96. The monoisotopic (exact) mass is 268 g/mol. The van der Waals surface area contributed by atoms with Crippen molar-refractivity contribution in [3.05, 3.63) is 11.9 Å². The molecule has 0 bridgehead atoms. The Morgan fingerprint density at radius 1 is 1.47 bits per heavy atom. The molecule has 8 nitrogen and oxygen atoms in total. The molecule has 0 aliphatic carbocycles. The summed E-state index contributed by atoms with van der Waals surface area (Å²) < 4.78 is 1.40. The second-order valence-corrected chi connectivity index (χ2v) is 4.10. The maximum absolute atomic E-state index is 11.5. The van der Waals surface area contributed by atoms with Crippen LogP contribution in [0.1, 0.15) is 25.5 Å². The van der Waals surface area contributed by atoms with E-state index in [1.165, 1.54) is 4.68 Å². The number of nitrogens with two attached hydrogens (primary N) is 1. The number of nitrogens with one attached hydrogen (secondary N) is 2. The van der Waals surface area contributed by atoms with E-state index in [1.54, 1.807) is 6.20 Å². The molecule has 19 heavy (non-hydrogen) atoms. The van der Waals surface area contributed by atoms with Gasteiger partial charge in [-0.05, 0) is 25.8 Å². The van der Waals surface area contributed by atoms with Gasteiger partial charge >= 0.3 is 6.03 Å². The molecule has 1 aromatic rings. The Morgan fingerprint density at radius 3 is 2.95 bits per heavy atom. The van der Waals surface area contributed by atoms with Crippen molar-refractivity contribution in [2.24, 2.45) is 5.73 Å². The summed E-state index contributed by atoms with van der Waals surface area (Å²) in [6, 6.07) is -0.490. The van der Waals surface area contributed by atoms with Gasteiger partial charge in [-0.15, -0.1) is 5.10 Å². The van der Waals surface area contributed by atoms with E-state index in [0.717, 1.165) is 25.0 Å². The third-order valence-electron chi connectivity index (χ3n) is 2.32. The van der Waals surface area contributed by atoms with Gasteiger partial charge in [0.15, 0.2) is 0 Å². The highest BCUT2D eigenvalue weighted by atomic mass is 16.2. The van der Waals surface area contributed by atoms with Crippen molar-refractivity contribution in [3.63, 3.8) is 0 Å². The van der Waals surface area contributed by atoms with Gasteiger partial charge in [-0.2, -0.15) is 0 Å². The first kappa shape index (κ1) is 15.1. The summed E-state index contributed by atoms with van der Waals surface area (Å²) in [6.07, 6.45) is 4.05. The van der Waals surface area contributed by atoms with Crippen LogP contribution in [0.15, 0.2) is 6.20 Å². The summed E-state index contributed by atoms with van der Waals surface area (Å²) in [5.41, 5.74) is 6.18. The molecule has 0 aromatic carbocycles. The van der Waals surface area contributed by atoms with Crippen molar-refractivity contribution in [2.45, 2.75) is 32.7 Å². The molecule has 1 aromatic heterocycles. The molecule has 0 aliphatic heterocycles. The number of aromatic nitrogens is 3. The van der Waals surface area contributed by atoms with E-state index >= 15 is 0 Å². The minimum Gasteiger partial charge on any atom is -0.338 e. The number of hydrogen-bond donors (Lipinski definition) is 3. The highest BCUT2D eigenvalue weighted by Gasteiger charge is 2.09. The van der Waals surface area contributed by atoms with Gasteiger partial charge in [0.05, 0.1) is 5.69 Å². The molecule has 0 atom stereocenters. The average molecular weight is 268 g/mol. The van der Waals surface area contributed by atoms with Crippen LogP contribution in [0, 0.1) is 0 Å². The molecule has 0 unspecified atom stereocenters. The zero-order valence-corrected chi connectivity index (χ0v) is 11.1. The van der Waals surface area contributed by atoms with Gasteiger partial charge in [-0.3, -0.25) is 10.1 Å². The summed E-state index contributed by atoms with van der Waals surface area (Å²) in [6.45, 7) is 3.02. The van der Waals surface area contributed by atoms with Crippen molar-refractivity contribution < 1.29 is 9.59 Å². The fraction of sp³-hybridized carbons (Fsp3) is 0.636. The Balaban J connectivity index is 2.35. The molecule has 0 fully saturated rings. The maximum atomic E-state index is 11.5. The molecule has 0 radical (unpaired) electrons. The van der Waals surface area contributed by atoms with Crippen LogP contribution in [-0.2, 0) is 17.8 Å². The van der Waals surface area contributed by atoms with Crippen LogP contribution >= 0.6 is 0 Å². The van der Waals surface area contributed by atoms with Gasteiger partial charge < -0.3 is 11.1 Å². The summed E-state index contributed by atoms with van der Waals surface area (Å²) in [4.78, 5) is 22.8. The van der Waals surface area contributed by atoms with Gasteiger partial charge in [0.1, 0.15) is 6.54 Å². The van der Waals surface area contributed by atoms with E-state index in [9.17, 15) is 9.59 Å². The lowest BCUT2D eigenvalue weighted by atomic mass is 10.2. The normalized spacial score (nSPS) is 10.2. The first-order valence-corrected chi connectivity index (χ1v) is 6.32. The quantitative estimate of drug-likeness (QED) is 0.611. The van der Waals surface area contributed by atoms with Crippen LogP contribution in [0.3, 0.4) is 0 Å². The van der Waals surface area contributed by atoms with Crippen LogP contribution in [0.5, 0.6) is 0 Å². The van der Waals surface area contributed by atoms with Gasteiger partial charge in [0, 0.05) is 12.7 Å². The highest BCUT2D eigenvalue weighted by molar-refractivity contribution is 5.94. The number of imide groups is 1. The van der Waals surface area contributed by atoms with Gasteiger partial charge in [0.25, 0.3) is 0 Å². The number of nitrogens with zero attached hydrogens (tertiary/aromatic N) is 3. The second-order valence-electron chi connectivity index (χ2n) is 4.10. The summed E-state index contributed by atoms with van der Waals surface area (Å²) >= 11 is 0. The molecule has 3 amide bonds. The molecule has 1 rings (SSSR count). The van der Waals surface area contributed by atoms with Crippen molar-refractivity contribution in [1.29, 1.82) is 0 Å². The predicted molar refractivity (Wildman–Crippen MR) is 69.2 cm³/mol. The van der Waals surface area contributed by atoms with E-state index in [2.05, 4.69) is 20.9 Å². The fourth-order valence-corrected chi connectivity index (χ4v) is 1.41. The van der Waals surface area contributed by atoms with Gasteiger partial charge in [-0.1, -0.05) is 12.1 Å². The minimum atomic E-state index is -0.490. The molecular weight excluding hydrogens is 248 g/mol. The third kappa shape index (κ3) is 5.96. The second kappa shape index (κ2) is 8.20. The van der Waals surface area contributed by atoms with Gasteiger partial charge in [-0.25, -0.2) is 9.48 Å². The number of aryl methyl sites for hydroxylation is 1. The smallest absolute Gasteiger partial charge is 0.321 e.